The molecule has 1 amide bonds. The standard InChI is InChI=1S/C20H19ClN4O3/c1-12-9-16(24-20(27)23-12)19(26)25-8-4-7-17(25)18-22-11-14(28-18)10-13-5-2-3-6-15(13)21/h2-3,5-6,9,11,17H,4,7-8,10H2,1H3,(H,23,24,27)/t17-/m1/s1. The maximum atomic E-state index is 12.9. The van der Waals surface area contributed by atoms with E-state index in [-0.39, 0.29) is 17.6 Å². The number of carbonyl (C=O) groups is 1. The Balaban J connectivity index is 1.55. The number of hydrogen-bond acceptors (Lipinski definition) is 5. The highest BCUT2D eigenvalue weighted by atomic mass is 35.5. The molecule has 1 fully saturated rings. The quantitative estimate of drug-likeness (QED) is 0.728. The maximum Gasteiger partial charge on any atom is 0.345 e. The lowest BCUT2D eigenvalue weighted by Gasteiger charge is -2.21. The summed E-state index contributed by atoms with van der Waals surface area (Å²) in [5.74, 6) is 0.893. The zero-order valence-electron chi connectivity index (χ0n) is 15.3. The molecule has 2 aromatic heterocycles. The molecule has 3 heterocycles. The lowest BCUT2D eigenvalue weighted by Crippen LogP contribution is -2.33. The first-order valence-corrected chi connectivity index (χ1v) is 9.46. The molecule has 28 heavy (non-hydrogen) atoms. The van der Waals surface area contributed by atoms with Gasteiger partial charge in [-0.1, -0.05) is 29.8 Å². The third-order valence-corrected chi connectivity index (χ3v) is 5.16. The number of oxazole rings is 1. The van der Waals surface area contributed by atoms with Gasteiger partial charge in [-0.2, -0.15) is 4.98 Å². The number of amides is 1. The molecule has 1 saturated heterocycles. The zero-order chi connectivity index (χ0) is 19.7. The molecule has 0 radical (unpaired) electrons. The van der Waals surface area contributed by atoms with Gasteiger partial charge in [-0.3, -0.25) is 4.79 Å². The number of rotatable bonds is 4. The summed E-state index contributed by atoms with van der Waals surface area (Å²) in [6.07, 6.45) is 3.79. The van der Waals surface area contributed by atoms with Crippen LogP contribution in [0.3, 0.4) is 0 Å². The predicted molar refractivity (Wildman–Crippen MR) is 103 cm³/mol. The van der Waals surface area contributed by atoms with E-state index in [0.717, 1.165) is 18.4 Å². The number of hydrogen-bond donors (Lipinski definition) is 1. The Morgan fingerprint density at radius 2 is 2.21 bits per heavy atom. The van der Waals surface area contributed by atoms with E-state index in [4.69, 9.17) is 16.0 Å². The summed E-state index contributed by atoms with van der Waals surface area (Å²) >= 11 is 6.22. The Labute approximate surface area is 166 Å². The van der Waals surface area contributed by atoms with Crippen molar-refractivity contribution in [2.75, 3.05) is 6.54 Å². The molecule has 0 spiro atoms. The maximum absolute atomic E-state index is 12.9. The van der Waals surface area contributed by atoms with Crippen molar-refractivity contribution in [2.45, 2.75) is 32.2 Å². The van der Waals surface area contributed by atoms with Crippen molar-refractivity contribution in [2.24, 2.45) is 0 Å². The number of carbonyl (C=O) groups excluding carboxylic acids is 1. The summed E-state index contributed by atoms with van der Waals surface area (Å²) in [6.45, 7) is 2.29. The molecule has 1 aromatic carbocycles. The molecule has 1 aliphatic rings. The van der Waals surface area contributed by atoms with Gasteiger partial charge in [-0.15, -0.1) is 0 Å². The van der Waals surface area contributed by atoms with Gasteiger partial charge in [-0.25, -0.2) is 9.78 Å². The van der Waals surface area contributed by atoms with Gasteiger partial charge in [0, 0.05) is 23.7 Å². The summed E-state index contributed by atoms with van der Waals surface area (Å²) in [4.78, 5) is 36.9. The van der Waals surface area contributed by atoms with Crippen LogP contribution in [0, 0.1) is 6.92 Å². The Morgan fingerprint density at radius 3 is 3.00 bits per heavy atom. The van der Waals surface area contributed by atoms with Gasteiger partial charge in [0.25, 0.3) is 5.91 Å². The Hall–Kier alpha value is -2.93. The second-order valence-electron chi connectivity index (χ2n) is 6.84. The highest BCUT2D eigenvalue weighted by Gasteiger charge is 2.34. The van der Waals surface area contributed by atoms with E-state index in [9.17, 15) is 9.59 Å². The zero-order valence-corrected chi connectivity index (χ0v) is 16.1. The minimum atomic E-state index is -0.530. The number of likely N-dealkylation sites (tertiary alicyclic amines) is 1. The van der Waals surface area contributed by atoms with Crippen molar-refractivity contribution in [1.29, 1.82) is 0 Å². The van der Waals surface area contributed by atoms with E-state index in [0.29, 0.717) is 35.3 Å². The first-order valence-electron chi connectivity index (χ1n) is 9.08. The molecule has 0 unspecified atom stereocenters. The molecule has 8 heteroatoms. The van der Waals surface area contributed by atoms with E-state index < -0.39 is 5.69 Å². The third kappa shape index (κ3) is 3.71. The lowest BCUT2D eigenvalue weighted by atomic mass is 10.1. The number of aromatic amines is 1. The van der Waals surface area contributed by atoms with Crippen molar-refractivity contribution in [3.05, 3.63) is 80.6 Å². The first-order chi connectivity index (χ1) is 13.5. The fraction of sp³-hybridized carbons (Fsp3) is 0.300. The molecular formula is C20H19ClN4O3. The number of nitrogens with zero attached hydrogens (tertiary/aromatic N) is 3. The topological polar surface area (TPSA) is 92.1 Å². The van der Waals surface area contributed by atoms with E-state index in [1.807, 2.05) is 24.3 Å². The largest absolute Gasteiger partial charge is 0.443 e. The van der Waals surface area contributed by atoms with Gasteiger partial charge >= 0.3 is 5.69 Å². The Kier molecular flexibility index (Phi) is 5.00. The summed E-state index contributed by atoms with van der Waals surface area (Å²) in [6, 6.07) is 8.89. The molecule has 0 aliphatic carbocycles. The van der Waals surface area contributed by atoms with Crippen molar-refractivity contribution in [1.82, 2.24) is 19.9 Å². The van der Waals surface area contributed by atoms with Gasteiger partial charge in [0.15, 0.2) is 0 Å². The van der Waals surface area contributed by atoms with E-state index in [1.165, 1.54) is 0 Å². The summed E-state index contributed by atoms with van der Waals surface area (Å²) in [7, 11) is 0. The highest BCUT2D eigenvalue weighted by Crippen LogP contribution is 2.33. The predicted octanol–water partition coefficient (Wildman–Crippen LogP) is 3.29. The van der Waals surface area contributed by atoms with Gasteiger partial charge in [0.05, 0.1) is 6.20 Å². The van der Waals surface area contributed by atoms with Crippen LogP contribution in [0.5, 0.6) is 0 Å². The molecule has 3 aromatic rings. The van der Waals surface area contributed by atoms with Crippen LogP contribution >= 0.6 is 11.6 Å². The van der Waals surface area contributed by atoms with Crippen LogP contribution in [0.4, 0.5) is 0 Å². The van der Waals surface area contributed by atoms with Gasteiger partial charge < -0.3 is 14.3 Å². The highest BCUT2D eigenvalue weighted by molar-refractivity contribution is 6.31. The molecule has 1 atom stereocenters. The van der Waals surface area contributed by atoms with Gasteiger partial charge in [0.2, 0.25) is 5.89 Å². The lowest BCUT2D eigenvalue weighted by molar-refractivity contribution is 0.0708. The number of nitrogens with one attached hydrogen (secondary N) is 1. The third-order valence-electron chi connectivity index (χ3n) is 4.79. The van der Waals surface area contributed by atoms with Crippen molar-refractivity contribution in [3.63, 3.8) is 0 Å². The molecule has 4 rings (SSSR count). The molecule has 1 aliphatic heterocycles. The van der Waals surface area contributed by atoms with Crippen LogP contribution in [0.15, 0.2) is 45.7 Å². The van der Waals surface area contributed by atoms with Crippen LogP contribution in [0.2, 0.25) is 5.02 Å². The normalized spacial score (nSPS) is 16.5. The van der Waals surface area contributed by atoms with Crippen LogP contribution in [0.25, 0.3) is 0 Å². The summed E-state index contributed by atoms with van der Waals surface area (Å²) in [5, 5.41) is 0.675. The van der Waals surface area contributed by atoms with Crippen LogP contribution in [0.1, 0.15) is 52.3 Å². The Bertz CT molecular complexity index is 1080. The summed E-state index contributed by atoms with van der Waals surface area (Å²) < 4.78 is 5.94. The summed E-state index contributed by atoms with van der Waals surface area (Å²) in [5.41, 5.74) is 1.15. The molecule has 7 nitrogen and oxygen atoms in total. The average Bonchev–Trinajstić information content (AvgIpc) is 3.31. The van der Waals surface area contributed by atoms with Gasteiger partial charge in [0.1, 0.15) is 17.5 Å². The number of H-pyrrole nitrogens is 1. The average molecular weight is 399 g/mol. The SMILES string of the molecule is Cc1cc(C(=O)N2CCC[C@@H]2c2ncc(Cc3ccccc3Cl)o2)nc(=O)[nH]1. The monoisotopic (exact) mass is 398 g/mol. The number of benzene rings is 1. The first kappa shape index (κ1) is 18.4. The molecule has 0 bridgehead atoms. The number of aromatic nitrogens is 3. The smallest absolute Gasteiger partial charge is 0.345 e. The van der Waals surface area contributed by atoms with Crippen molar-refractivity contribution >= 4 is 17.5 Å². The minimum absolute atomic E-state index is 0.135. The minimum Gasteiger partial charge on any atom is -0.443 e. The Morgan fingerprint density at radius 1 is 1.39 bits per heavy atom. The van der Waals surface area contributed by atoms with E-state index >= 15 is 0 Å². The fourth-order valence-electron chi connectivity index (χ4n) is 3.49. The molecule has 0 saturated carbocycles. The van der Waals surface area contributed by atoms with E-state index in [2.05, 4.69) is 15.0 Å². The second-order valence-corrected chi connectivity index (χ2v) is 7.25. The van der Waals surface area contributed by atoms with Crippen LogP contribution in [-0.4, -0.2) is 32.3 Å². The number of aryl methyl sites for hydroxylation is 1. The van der Waals surface area contributed by atoms with Crippen LogP contribution < -0.4 is 5.69 Å². The van der Waals surface area contributed by atoms with Crippen molar-refractivity contribution in [3.8, 4) is 0 Å². The molecular weight excluding hydrogens is 380 g/mol. The van der Waals surface area contributed by atoms with Crippen LogP contribution in [-0.2, 0) is 6.42 Å². The number of halogens is 1. The van der Waals surface area contributed by atoms with Crippen molar-refractivity contribution < 1.29 is 9.21 Å². The molecule has 144 valence electrons. The molecule has 1 N–H and O–H groups in total. The fourth-order valence-corrected chi connectivity index (χ4v) is 3.69. The van der Waals surface area contributed by atoms with E-state index in [1.54, 1.807) is 24.1 Å². The van der Waals surface area contributed by atoms with Gasteiger partial charge in [-0.05, 0) is 37.5 Å². The second kappa shape index (κ2) is 7.59.